The second-order valence-corrected chi connectivity index (χ2v) is 11.7. The van der Waals surface area contributed by atoms with Crippen molar-refractivity contribution in [3.8, 4) is 22.5 Å². The fourth-order valence-electron chi connectivity index (χ4n) is 7.40. The summed E-state index contributed by atoms with van der Waals surface area (Å²) in [6, 6.07) is 44.0. The largest absolute Gasteiger partial charge is 0.309 e. The molecule has 3 heterocycles. The summed E-state index contributed by atoms with van der Waals surface area (Å²) in [5.41, 5.74) is 13.5. The number of nitrogens with zero attached hydrogens (tertiary/aromatic N) is 3. The third kappa shape index (κ3) is 2.90. The van der Waals surface area contributed by atoms with Crippen molar-refractivity contribution in [2.75, 3.05) is 0 Å². The van der Waals surface area contributed by atoms with Gasteiger partial charge < -0.3 is 9.13 Å². The van der Waals surface area contributed by atoms with Crippen LogP contribution in [0, 0.1) is 0 Å². The maximum absolute atomic E-state index is 4.91. The first kappa shape index (κ1) is 22.6. The molecule has 3 nitrogen and oxygen atoms in total. The highest BCUT2D eigenvalue weighted by molar-refractivity contribution is 6.13. The van der Waals surface area contributed by atoms with Gasteiger partial charge in [0.2, 0.25) is 0 Å². The maximum atomic E-state index is 4.91. The summed E-state index contributed by atoms with van der Waals surface area (Å²) in [6.45, 7) is 4.73. The molecule has 3 aromatic heterocycles. The van der Waals surface area contributed by atoms with Crippen LogP contribution in [-0.2, 0) is 5.41 Å². The molecule has 0 N–H and O–H groups in total. The lowest BCUT2D eigenvalue weighted by Crippen LogP contribution is -2.16. The smallest absolute Gasteiger partial charge is 0.0963 e. The van der Waals surface area contributed by atoms with Crippen LogP contribution in [0.15, 0.2) is 128 Å². The Bertz CT molecular complexity index is 2330. The van der Waals surface area contributed by atoms with Crippen LogP contribution in [0.3, 0.4) is 0 Å². The number of aromatic nitrogens is 3. The van der Waals surface area contributed by atoms with E-state index in [4.69, 9.17) is 4.98 Å². The molecule has 3 heteroatoms. The Morgan fingerprint density at radius 2 is 1.29 bits per heavy atom. The molecule has 194 valence electrons. The first-order valence-electron chi connectivity index (χ1n) is 14.2. The summed E-state index contributed by atoms with van der Waals surface area (Å²) in [5.74, 6) is 0. The SMILES string of the molecule is CC1(C)c2ccccc2-c2ccc3c4ncccc4n(-c4ccc5c(c4)c4ccccc4n5-c4ccccc4)c3c21. The van der Waals surface area contributed by atoms with Crippen LogP contribution < -0.4 is 0 Å². The number of fused-ring (bicyclic) bond motifs is 10. The number of pyridine rings is 1. The van der Waals surface area contributed by atoms with Crippen molar-refractivity contribution < 1.29 is 0 Å². The standard InChI is InChI=1S/C38H27N3/c1-38(2)31-15-8-6-13-26(31)28-19-20-29-36-34(17-10-22-39-36)41(37(29)35(28)38)25-18-21-33-30(23-25)27-14-7-9-16-32(27)40(33)24-11-4-3-5-12-24/h3-23H,1-2H3. The molecular weight excluding hydrogens is 498 g/mol. The van der Waals surface area contributed by atoms with Crippen molar-refractivity contribution in [2.24, 2.45) is 0 Å². The maximum Gasteiger partial charge on any atom is 0.0963 e. The molecule has 0 saturated heterocycles. The van der Waals surface area contributed by atoms with Crippen molar-refractivity contribution >= 4 is 43.7 Å². The topological polar surface area (TPSA) is 22.8 Å². The molecule has 41 heavy (non-hydrogen) atoms. The molecule has 0 saturated carbocycles. The van der Waals surface area contributed by atoms with Gasteiger partial charge in [0.15, 0.2) is 0 Å². The Labute approximate surface area is 237 Å². The third-order valence-electron chi connectivity index (χ3n) is 9.13. The van der Waals surface area contributed by atoms with E-state index in [2.05, 4.69) is 144 Å². The zero-order valence-electron chi connectivity index (χ0n) is 23.0. The van der Waals surface area contributed by atoms with Gasteiger partial charge in [-0.05, 0) is 76.9 Å². The van der Waals surface area contributed by atoms with Crippen molar-refractivity contribution in [1.82, 2.24) is 14.1 Å². The normalized spacial score (nSPS) is 13.8. The van der Waals surface area contributed by atoms with Crippen molar-refractivity contribution in [2.45, 2.75) is 19.3 Å². The van der Waals surface area contributed by atoms with E-state index in [-0.39, 0.29) is 5.41 Å². The zero-order valence-corrected chi connectivity index (χ0v) is 23.0. The summed E-state index contributed by atoms with van der Waals surface area (Å²) in [6.07, 6.45) is 1.91. The van der Waals surface area contributed by atoms with E-state index in [1.165, 1.54) is 60.6 Å². The quantitative estimate of drug-likeness (QED) is 0.220. The summed E-state index contributed by atoms with van der Waals surface area (Å²) in [5, 5.41) is 3.70. The molecule has 0 atom stereocenters. The van der Waals surface area contributed by atoms with Crippen LogP contribution in [0.25, 0.3) is 66.2 Å². The van der Waals surface area contributed by atoms with E-state index in [1.54, 1.807) is 0 Å². The van der Waals surface area contributed by atoms with Gasteiger partial charge >= 0.3 is 0 Å². The van der Waals surface area contributed by atoms with Gasteiger partial charge in [0.05, 0.1) is 27.6 Å². The Morgan fingerprint density at radius 1 is 0.537 bits per heavy atom. The lowest BCUT2D eigenvalue weighted by Gasteiger charge is -2.23. The van der Waals surface area contributed by atoms with Gasteiger partial charge in [0, 0.05) is 39.1 Å². The number of hydrogen-bond donors (Lipinski definition) is 0. The lowest BCUT2D eigenvalue weighted by molar-refractivity contribution is 0.664. The average molecular weight is 526 g/mol. The molecule has 0 fully saturated rings. The summed E-state index contributed by atoms with van der Waals surface area (Å²) < 4.78 is 4.83. The molecular formula is C38H27N3. The van der Waals surface area contributed by atoms with Crippen molar-refractivity contribution in [3.63, 3.8) is 0 Å². The van der Waals surface area contributed by atoms with Gasteiger partial charge in [0.1, 0.15) is 0 Å². The molecule has 0 unspecified atom stereocenters. The molecule has 8 aromatic rings. The number of benzene rings is 5. The summed E-state index contributed by atoms with van der Waals surface area (Å²) >= 11 is 0. The fourth-order valence-corrected chi connectivity index (χ4v) is 7.40. The molecule has 1 aliphatic rings. The van der Waals surface area contributed by atoms with E-state index >= 15 is 0 Å². The predicted octanol–water partition coefficient (Wildman–Crippen LogP) is 9.58. The Hall–Kier alpha value is -5.15. The minimum absolute atomic E-state index is 0.134. The molecule has 9 rings (SSSR count). The molecule has 0 aliphatic heterocycles. The van der Waals surface area contributed by atoms with Crippen LogP contribution in [0.4, 0.5) is 0 Å². The Balaban J connectivity index is 1.41. The van der Waals surface area contributed by atoms with Gasteiger partial charge in [-0.15, -0.1) is 0 Å². The molecule has 0 bridgehead atoms. The zero-order chi connectivity index (χ0) is 27.3. The van der Waals surface area contributed by atoms with Crippen LogP contribution in [0.2, 0.25) is 0 Å². The van der Waals surface area contributed by atoms with Gasteiger partial charge in [-0.2, -0.15) is 0 Å². The Kier molecular flexibility index (Phi) is 4.39. The Morgan fingerprint density at radius 3 is 2.20 bits per heavy atom. The third-order valence-corrected chi connectivity index (χ3v) is 9.13. The van der Waals surface area contributed by atoms with Gasteiger partial charge in [-0.3, -0.25) is 4.98 Å². The second-order valence-electron chi connectivity index (χ2n) is 11.7. The highest BCUT2D eigenvalue weighted by Crippen LogP contribution is 2.52. The predicted molar refractivity (Wildman–Crippen MR) is 170 cm³/mol. The van der Waals surface area contributed by atoms with Crippen LogP contribution in [0.1, 0.15) is 25.0 Å². The first-order chi connectivity index (χ1) is 20.1. The first-order valence-corrected chi connectivity index (χ1v) is 14.2. The summed E-state index contributed by atoms with van der Waals surface area (Å²) in [4.78, 5) is 4.91. The molecule has 0 radical (unpaired) electrons. The van der Waals surface area contributed by atoms with Crippen LogP contribution >= 0.6 is 0 Å². The monoisotopic (exact) mass is 525 g/mol. The second kappa shape index (κ2) is 7.96. The molecule has 5 aromatic carbocycles. The highest BCUT2D eigenvalue weighted by atomic mass is 15.0. The van der Waals surface area contributed by atoms with Crippen LogP contribution in [-0.4, -0.2) is 14.1 Å². The minimum atomic E-state index is -0.134. The van der Waals surface area contributed by atoms with E-state index in [0.29, 0.717) is 0 Å². The summed E-state index contributed by atoms with van der Waals surface area (Å²) in [7, 11) is 0. The van der Waals surface area contributed by atoms with E-state index < -0.39 is 0 Å². The lowest BCUT2D eigenvalue weighted by atomic mass is 9.81. The van der Waals surface area contributed by atoms with Crippen molar-refractivity contribution in [3.05, 3.63) is 139 Å². The van der Waals surface area contributed by atoms with E-state index in [1.807, 2.05) is 6.20 Å². The number of para-hydroxylation sites is 2. The minimum Gasteiger partial charge on any atom is -0.309 e. The van der Waals surface area contributed by atoms with Gasteiger partial charge in [-0.25, -0.2) is 0 Å². The van der Waals surface area contributed by atoms with Gasteiger partial charge in [-0.1, -0.05) is 80.6 Å². The van der Waals surface area contributed by atoms with E-state index in [9.17, 15) is 0 Å². The molecule has 0 spiro atoms. The molecule has 0 amide bonds. The molecule has 1 aliphatic carbocycles. The average Bonchev–Trinajstić information content (AvgIpc) is 3.61. The highest BCUT2D eigenvalue weighted by Gasteiger charge is 2.38. The number of rotatable bonds is 2. The van der Waals surface area contributed by atoms with Gasteiger partial charge in [0.25, 0.3) is 0 Å². The van der Waals surface area contributed by atoms with Crippen LogP contribution in [0.5, 0.6) is 0 Å². The number of hydrogen-bond acceptors (Lipinski definition) is 1. The van der Waals surface area contributed by atoms with E-state index in [0.717, 1.165) is 16.7 Å². The van der Waals surface area contributed by atoms with Crippen molar-refractivity contribution in [1.29, 1.82) is 0 Å². The fraction of sp³-hybridized carbons (Fsp3) is 0.0789.